The number of aromatic nitrogens is 5. The van der Waals surface area contributed by atoms with Gasteiger partial charge in [-0.25, -0.2) is 9.78 Å². The standard InChI is InChI=1S/C26H30N8O3S/c35-24-19(31-26(37)32-24)13-16-15-28-34-22(29-17-5-6-17)14-18(30-23(16)34)20-7-8-21(38-20)25(36)27-9-1-2-10-33-11-3-4-12-33/h7-8,13-15,17,35H,1-6,9-12H2,(H,27,36)(H2,31,32,37). The largest absolute Gasteiger partial charge is 0.493 e. The van der Waals surface area contributed by atoms with Gasteiger partial charge < -0.3 is 20.3 Å². The molecule has 0 aromatic carbocycles. The van der Waals surface area contributed by atoms with Gasteiger partial charge in [-0.3, -0.25) is 14.8 Å². The summed E-state index contributed by atoms with van der Waals surface area (Å²) in [5.41, 5.74) is 1.65. The van der Waals surface area contributed by atoms with E-state index in [4.69, 9.17) is 9.98 Å². The van der Waals surface area contributed by atoms with E-state index in [1.165, 1.54) is 37.3 Å². The van der Waals surface area contributed by atoms with Crippen LogP contribution in [0.4, 0.5) is 0 Å². The summed E-state index contributed by atoms with van der Waals surface area (Å²) in [7, 11) is 0. The average Bonchev–Trinajstić information content (AvgIpc) is 3.32. The van der Waals surface area contributed by atoms with E-state index in [1.807, 2.05) is 18.2 Å². The summed E-state index contributed by atoms with van der Waals surface area (Å²) in [6.07, 6.45) is 9.97. The summed E-state index contributed by atoms with van der Waals surface area (Å²) < 4.78 is 1.67. The number of fused-ring (bicyclic) bond motifs is 1. The molecule has 1 saturated heterocycles. The summed E-state index contributed by atoms with van der Waals surface area (Å²) in [5, 5.41) is 18.1. The molecule has 4 aromatic rings. The van der Waals surface area contributed by atoms with E-state index in [0.29, 0.717) is 33.5 Å². The Morgan fingerprint density at radius 1 is 1.24 bits per heavy atom. The molecule has 1 saturated carbocycles. The Hall–Kier alpha value is -3.77. The van der Waals surface area contributed by atoms with E-state index in [2.05, 4.69) is 25.3 Å². The first-order valence-electron chi connectivity index (χ1n) is 13.1. The van der Waals surface area contributed by atoms with Crippen molar-refractivity contribution in [3.05, 3.63) is 56.2 Å². The molecule has 0 atom stereocenters. The van der Waals surface area contributed by atoms with Crippen LogP contribution in [-0.4, -0.2) is 72.7 Å². The zero-order chi connectivity index (χ0) is 26.1. The maximum absolute atomic E-state index is 12.8. The smallest absolute Gasteiger partial charge is 0.326 e. The summed E-state index contributed by atoms with van der Waals surface area (Å²) in [4.78, 5) is 42.8. The maximum atomic E-state index is 12.8. The number of carbonyl (C=O) groups is 1. The third-order valence-corrected chi connectivity index (χ3v) is 7.95. The number of unbranched alkanes of at least 4 members (excludes halogenated alkanes) is 1. The third kappa shape index (κ3) is 5.41. The van der Waals surface area contributed by atoms with E-state index in [0.717, 1.165) is 37.1 Å². The fourth-order valence-corrected chi connectivity index (χ4v) is 5.56. The van der Waals surface area contributed by atoms with Crippen molar-refractivity contribution in [2.24, 2.45) is 4.99 Å². The molecule has 5 heterocycles. The zero-order valence-electron chi connectivity index (χ0n) is 20.9. The lowest BCUT2D eigenvalue weighted by Gasteiger charge is -2.13. The minimum Gasteiger partial charge on any atom is -0.493 e. The van der Waals surface area contributed by atoms with E-state index in [-0.39, 0.29) is 23.5 Å². The van der Waals surface area contributed by atoms with Crippen LogP contribution >= 0.6 is 11.3 Å². The monoisotopic (exact) mass is 534 g/mol. The number of imidazole rings is 1. The molecule has 198 valence electrons. The van der Waals surface area contributed by atoms with Gasteiger partial charge >= 0.3 is 5.69 Å². The highest BCUT2D eigenvalue weighted by Gasteiger charge is 2.21. The molecule has 12 heteroatoms. The Bertz CT molecular complexity index is 1640. The molecule has 0 radical (unpaired) electrons. The van der Waals surface area contributed by atoms with Gasteiger partial charge in [-0.05, 0) is 76.4 Å². The van der Waals surface area contributed by atoms with Crippen molar-refractivity contribution >= 4 is 29.0 Å². The van der Waals surface area contributed by atoms with Crippen molar-refractivity contribution in [1.82, 2.24) is 34.8 Å². The number of nitrogens with one attached hydrogen (secondary N) is 3. The van der Waals surface area contributed by atoms with E-state index in [1.54, 1.807) is 16.8 Å². The van der Waals surface area contributed by atoms with E-state index in [9.17, 15) is 14.7 Å². The van der Waals surface area contributed by atoms with Crippen molar-refractivity contribution < 1.29 is 9.90 Å². The topological polar surface area (TPSA) is 144 Å². The summed E-state index contributed by atoms with van der Waals surface area (Å²) >= 11 is 1.39. The van der Waals surface area contributed by atoms with Crippen LogP contribution in [0.3, 0.4) is 0 Å². The number of carbonyl (C=O) groups excluding carboxylic acids is 1. The lowest BCUT2D eigenvalue weighted by molar-refractivity contribution is 0.0956. The second-order valence-electron chi connectivity index (χ2n) is 9.86. The van der Waals surface area contributed by atoms with E-state index < -0.39 is 5.69 Å². The Balaban J connectivity index is 1.23. The van der Waals surface area contributed by atoms with Crippen molar-refractivity contribution in [3.8, 4) is 16.5 Å². The molecule has 2 aliphatic rings. The third-order valence-electron chi connectivity index (χ3n) is 6.84. The predicted molar refractivity (Wildman–Crippen MR) is 144 cm³/mol. The molecule has 6 rings (SSSR count). The fraction of sp³-hybridized carbons (Fsp3) is 0.423. The summed E-state index contributed by atoms with van der Waals surface area (Å²) in [6.45, 7) is 4.17. The number of thiophene rings is 1. The lowest BCUT2D eigenvalue weighted by Crippen LogP contribution is -2.25. The molecule has 4 N–H and O–H groups in total. The van der Waals surface area contributed by atoms with Crippen LogP contribution in [-0.2, 0) is 0 Å². The summed E-state index contributed by atoms with van der Waals surface area (Å²) in [6, 6.07) is 5.89. The minimum absolute atomic E-state index is 0.0725. The number of aromatic hydroxyl groups is 1. The number of H-pyrrole nitrogens is 2. The maximum Gasteiger partial charge on any atom is 0.326 e. The van der Waals surface area contributed by atoms with Gasteiger partial charge in [0.25, 0.3) is 5.91 Å². The zero-order valence-corrected chi connectivity index (χ0v) is 21.8. The van der Waals surface area contributed by atoms with Crippen molar-refractivity contribution in [2.45, 2.75) is 44.6 Å². The first-order valence-corrected chi connectivity index (χ1v) is 13.9. The minimum atomic E-state index is -0.501. The number of nitrogens with zero attached hydrogens (tertiary/aromatic N) is 5. The number of likely N-dealkylation sites (tertiary alicyclic amines) is 1. The Labute approximate surface area is 222 Å². The Morgan fingerprint density at radius 2 is 2.08 bits per heavy atom. The van der Waals surface area contributed by atoms with Crippen LogP contribution in [0.5, 0.6) is 5.88 Å². The van der Waals surface area contributed by atoms with E-state index >= 15 is 0 Å². The SMILES string of the molecule is O=C(NCCCCN1CCCC1)c1ccc(-c2cc(=NC3CC3)n3ncc(=Cc4[nH]c(=O)[nH]c4O)c3n2)s1. The van der Waals surface area contributed by atoms with Crippen LogP contribution < -0.4 is 21.7 Å². The van der Waals surface area contributed by atoms with Gasteiger partial charge in [0, 0.05) is 17.8 Å². The van der Waals surface area contributed by atoms with Gasteiger partial charge in [-0.2, -0.15) is 9.61 Å². The average molecular weight is 535 g/mol. The number of hydrogen-bond donors (Lipinski definition) is 4. The summed E-state index contributed by atoms with van der Waals surface area (Å²) in [5.74, 6) is -0.324. The Morgan fingerprint density at radius 3 is 2.84 bits per heavy atom. The number of aromatic amines is 2. The molecule has 0 spiro atoms. The molecule has 4 aromatic heterocycles. The van der Waals surface area contributed by atoms with Crippen LogP contribution in [0.1, 0.15) is 53.9 Å². The van der Waals surface area contributed by atoms with Crippen LogP contribution in [0, 0.1) is 0 Å². The van der Waals surface area contributed by atoms with Gasteiger partial charge in [0.05, 0.1) is 27.7 Å². The molecular weight excluding hydrogens is 504 g/mol. The molecule has 2 fully saturated rings. The van der Waals surface area contributed by atoms with Crippen LogP contribution in [0.2, 0.25) is 0 Å². The van der Waals surface area contributed by atoms with Crippen molar-refractivity contribution in [2.75, 3.05) is 26.2 Å². The molecule has 1 amide bonds. The van der Waals surface area contributed by atoms with Crippen molar-refractivity contribution in [3.63, 3.8) is 0 Å². The molecule has 11 nitrogen and oxygen atoms in total. The van der Waals surface area contributed by atoms with Gasteiger partial charge in [-0.15, -0.1) is 11.3 Å². The molecule has 38 heavy (non-hydrogen) atoms. The number of amides is 1. The molecule has 1 aliphatic carbocycles. The Kier molecular flexibility index (Phi) is 6.81. The highest BCUT2D eigenvalue weighted by molar-refractivity contribution is 7.17. The van der Waals surface area contributed by atoms with Gasteiger partial charge in [0.1, 0.15) is 5.69 Å². The molecule has 0 unspecified atom stereocenters. The van der Waals surface area contributed by atoms with Gasteiger partial charge in [-0.1, -0.05) is 0 Å². The van der Waals surface area contributed by atoms with Gasteiger partial charge in [0.2, 0.25) is 5.88 Å². The lowest BCUT2D eigenvalue weighted by atomic mass is 10.3. The molecule has 0 bridgehead atoms. The predicted octanol–water partition coefficient (Wildman–Crippen LogP) is 1.40. The first kappa shape index (κ1) is 24.6. The first-order chi connectivity index (χ1) is 18.5. The molecule has 1 aliphatic heterocycles. The fourth-order valence-electron chi connectivity index (χ4n) is 4.68. The van der Waals surface area contributed by atoms with Crippen LogP contribution in [0.25, 0.3) is 22.3 Å². The van der Waals surface area contributed by atoms with Crippen LogP contribution in [0.15, 0.2) is 34.2 Å². The van der Waals surface area contributed by atoms with Gasteiger partial charge in [0.15, 0.2) is 11.1 Å². The molecular formula is C26H30N8O3S. The second-order valence-corrected chi connectivity index (χ2v) is 10.9. The highest BCUT2D eigenvalue weighted by Crippen LogP contribution is 2.27. The number of rotatable bonds is 9. The van der Waals surface area contributed by atoms with Crippen molar-refractivity contribution in [1.29, 1.82) is 0 Å². The number of hydrogen-bond acceptors (Lipinski definition) is 8. The quantitative estimate of drug-likeness (QED) is 0.239. The second kappa shape index (κ2) is 10.5. The normalized spacial score (nSPS) is 17.2. The highest BCUT2D eigenvalue weighted by atomic mass is 32.1.